The molecular weight excluding hydrogens is 419 g/mol. The topological polar surface area (TPSA) is 75.7 Å². The monoisotopic (exact) mass is 434 g/mol. The Kier molecular flexibility index (Phi) is 5.55. The number of hydrogen-bond donors (Lipinski definition) is 1. The molecule has 2 amide bonds. The first-order chi connectivity index (χ1) is 12.9. The number of nitrogens with zero attached hydrogens (tertiary/aromatic N) is 1. The molecule has 0 saturated carbocycles. The van der Waals surface area contributed by atoms with Gasteiger partial charge in [-0.2, -0.15) is 0 Å². The van der Waals surface area contributed by atoms with Crippen LogP contribution < -0.4 is 10.2 Å². The van der Waals surface area contributed by atoms with E-state index in [-0.39, 0.29) is 36.0 Å². The van der Waals surface area contributed by atoms with E-state index in [1.54, 1.807) is 11.0 Å². The van der Waals surface area contributed by atoms with Crippen molar-refractivity contribution in [3.63, 3.8) is 0 Å². The molecule has 1 aliphatic rings. The Balaban J connectivity index is 1.73. The molecule has 0 aromatic heterocycles. The fourth-order valence-electron chi connectivity index (χ4n) is 2.90. The van der Waals surface area contributed by atoms with E-state index in [0.29, 0.717) is 5.69 Å². The van der Waals surface area contributed by atoms with E-state index in [1.807, 2.05) is 18.2 Å². The van der Waals surface area contributed by atoms with Crippen molar-refractivity contribution < 1.29 is 23.5 Å². The average molecular weight is 435 g/mol. The van der Waals surface area contributed by atoms with Crippen LogP contribution in [0.1, 0.15) is 16.8 Å². The van der Waals surface area contributed by atoms with E-state index in [0.717, 1.165) is 17.6 Å². The van der Waals surface area contributed by atoms with Gasteiger partial charge in [-0.1, -0.05) is 12.1 Å². The number of rotatable bonds is 4. The van der Waals surface area contributed by atoms with Crippen molar-refractivity contribution in [1.29, 1.82) is 0 Å². The summed E-state index contributed by atoms with van der Waals surface area (Å²) in [7, 11) is 1.15. The molecule has 140 valence electrons. The van der Waals surface area contributed by atoms with Gasteiger partial charge < -0.3 is 15.0 Å². The predicted molar refractivity (Wildman–Crippen MR) is 101 cm³/mol. The molecule has 6 nitrogen and oxygen atoms in total. The maximum atomic E-state index is 13.7. The number of nitrogens with one attached hydrogen (secondary N) is 1. The van der Waals surface area contributed by atoms with Gasteiger partial charge >= 0.3 is 5.97 Å². The Morgan fingerprint density at radius 2 is 2.00 bits per heavy atom. The van der Waals surface area contributed by atoms with Gasteiger partial charge in [0.1, 0.15) is 5.82 Å². The third kappa shape index (κ3) is 4.00. The van der Waals surface area contributed by atoms with Crippen molar-refractivity contribution >= 4 is 45.1 Å². The molecule has 1 heterocycles. The fourth-order valence-corrected chi connectivity index (χ4v) is 3.40. The van der Waals surface area contributed by atoms with Gasteiger partial charge in [0, 0.05) is 23.1 Å². The van der Waals surface area contributed by atoms with Gasteiger partial charge in [0.05, 0.1) is 24.3 Å². The highest BCUT2D eigenvalue weighted by molar-refractivity contribution is 9.10. The van der Waals surface area contributed by atoms with Crippen LogP contribution in [0.3, 0.4) is 0 Å². The van der Waals surface area contributed by atoms with Crippen LogP contribution in [0.25, 0.3) is 0 Å². The number of hydrogen-bond acceptors (Lipinski definition) is 4. The molecule has 1 saturated heterocycles. The Bertz CT molecular complexity index is 918. The second-order valence-corrected chi connectivity index (χ2v) is 6.89. The van der Waals surface area contributed by atoms with Crippen molar-refractivity contribution in [1.82, 2.24) is 0 Å². The molecule has 1 atom stereocenters. The van der Waals surface area contributed by atoms with Gasteiger partial charge in [-0.15, -0.1) is 0 Å². The largest absolute Gasteiger partial charge is 0.465 e. The van der Waals surface area contributed by atoms with E-state index in [1.165, 1.54) is 12.1 Å². The van der Waals surface area contributed by atoms with Crippen LogP contribution in [0.5, 0.6) is 0 Å². The average Bonchev–Trinajstić information content (AvgIpc) is 3.04. The third-order valence-electron chi connectivity index (χ3n) is 4.28. The van der Waals surface area contributed by atoms with Crippen molar-refractivity contribution in [2.75, 3.05) is 23.9 Å². The van der Waals surface area contributed by atoms with Crippen molar-refractivity contribution in [2.24, 2.45) is 5.92 Å². The van der Waals surface area contributed by atoms with E-state index in [2.05, 4.69) is 26.0 Å². The molecular formula is C19H16BrFN2O4. The molecule has 1 unspecified atom stereocenters. The number of carbonyl (C=O) groups excluding carboxylic acids is 3. The molecule has 0 bridgehead atoms. The van der Waals surface area contributed by atoms with Crippen molar-refractivity contribution in [2.45, 2.75) is 6.42 Å². The number of para-hydroxylation sites is 1. The summed E-state index contributed by atoms with van der Waals surface area (Å²) in [4.78, 5) is 38.0. The van der Waals surface area contributed by atoms with E-state index in [9.17, 15) is 18.8 Å². The van der Waals surface area contributed by atoms with Crippen LogP contribution in [-0.4, -0.2) is 31.4 Å². The number of esters is 1. The Morgan fingerprint density at radius 1 is 1.26 bits per heavy atom. The highest BCUT2D eigenvalue weighted by Gasteiger charge is 2.35. The number of amides is 2. The zero-order chi connectivity index (χ0) is 19.6. The lowest BCUT2D eigenvalue weighted by Crippen LogP contribution is -2.28. The molecule has 1 fully saturated rings. The second kappa shape index (κ2) is 7.87. The Labute approximate surface area is 163 Å². The lowest BCUT2D eigenvalue weighted by Gasteiger charge is -2.18. The normalized spacial score (nSPS) is 16.3. The Hall–Kier alpha value is -2.74. The summed E-state index contributed by atoms with van der Waals surface area (Å²) < 4.78 is 19.0. The molecule has 0 radical (unpaired) electrons. The van der Waals surface area contributed by atoms with Crippen LogP contribution in [0, 0.1) is 11.7 Å². The Morgan fingerprint density at radius 3 is 2.70 bits per heavy atom. The first-order valence-corrected chi connectivity index (χ1v) is 8.93. The smallest absolute Gasteiger partial charge is 0.340 e. The first kappa shape index (κ1) is 19.0. The summed E-state index contributed by atoms with van der Waals surface area (Å²) in [6, 6.07) is 10.9. The molecule has 0 aliphatic carbocycles. The summed E-state index contributed by atoms with van der Waals surface area (Å²) in [6.07, 6.45) is 0.0677. The van der Waals surface area contributed by atoms with Crippen LogP contribution >= 0.6 is 15.9 Å². The molecule has 8 heteroatoms. The zero-order valence-corrected chi connectivity index (χ0v) is 16.0. The molecule has 1 aliphatic heterocycles. The maximum Gasteiger partial charge on any atom is 0.340 e. The van der Waals surface area contributed by atoms with Gasteiger partial charge in [0.25, 0.3) is 0 Å². The standard InChI is InChI=1S/C19H16BrFN2O4/c1-27-19(26)13-9-12(6-7-15(13)21)22-18(25)11-8-17(24)23(10-11)16-5-3-2-4-14(16)20/h2-7,9,11H,8,10H2,1H3,(H,22,25). The fraction of sp³-hybridized carbons (Fsp3) is 0.211. The van der Waals surface area contributed by atoms with Crippen molar-refractivity contribution in [3.05, 3.63) is 58.3 Å². The highest BCUT2D eigenvalue weighted by atomic mass is 79.9. The van der Waals surface area contributed by atoms with Gasteiger partial charge in [-0.25, -0.2) is 9.18 Å². The summed E-state index contributed by atoms with van der Waals surface area (Å²) in [6.45, 7) is 0.234. The van der Waals surface area contributed by atoms with E-state index < -0.39 is 17.7 Å². The lowest BCUT2D eigenvalue weighted by molar-refractivity contribution is -0.122. The molecule has 2 aromatic carbocycles. The molecule has 0 spiro atoms. The molecule has 3 rings (SSSR count). The molecule has 1 N–H and O–H groups in total. The summed E-state index contributed by atoms with van der Waals surface area (Å²) in [5, 5.41) is 2.63. The van der Waals surface area contributed by atoms with Crippen LogP contribution in [0.4, 0.5) is 15.8 Å². The number of carbonyl (C=O) groups is 3. The zero-order valence-electron chi connectivity index (χ0n) is 14.4. The summed E-state index contributed by atoms with van der Waals surface area (Å²) in [5.41, 5.74) is 0.689. The second-order valence-electron chi connectivity index (χ2n) is 6.03. The number of ether oxygens (including phenoxy) is 1. The molecule has 27 heavy (non-hydrogen) atoms. The lowest BCUT2D eigenvalue weighted by atomic mass is 10.1. The van der Waals surface area contributed by atoms with Crippen LogP contribution in [0.15, 0.2) is 46.9 Å². The molecule has 2 aromatic rings. The number of methoxy groups -OCH3 is 1. The highest BCUT2D eigenvalue weighted by Crippen LogP contribution is 2.31. The predicted octanol–water partition coefficient (Wildman–Crippen LogP) is 3.37. The summed E-state index contributed by atoms with van der Waals surface area (Å²) >= 11 is 3.41. The minimum absolute atomic E-state index is 0.0677. The van der Waals surface area contributed by atoms with Gasteiger partial charge in [0.15, 0.2) is 0 Å². The minimum atomic E-state index is -0.834. The maximum absolute atomic E-state index is 13.7. The number of benzene rings is 2. The minimum Gasteiger partial charge on any atom is -0.465 e. The van der Waals surface area contributed by atoms with Crippen LogP contribution in [-0.2, 0) is 14.3 Å². The van der Waals surface area contributed by atoms with Crippen molar-refractivity contribution in [3.8, 4) is 0 Å². The number of halogens is 2. The van der Waals surface area contributed by atoms with Crippen LogP contribution in [0.2, 0.25) is 0 Å². The third-order valence-corrected chi connectivity index (χ3v) is 4.95. The summed E-state index contributed by atoms with van der Waals surface area (Å²) in [5.74, 6) is -2.66. The first-order valence-electron chi connectivity index (χ1n) is 8.14. The quantitative estimate of drug-likeness (QED) is 0.748. The van der Waals surface area contributed by atoms with E-state index in [4.69, 9.17) is 0 Å². The number of anilines is 2. The van der Waals surface area contributed by atoms with Gasteiger partial charge in [0.2, 0.25) is 11.8 Å². The van der Waals surface area contributed by atoms with E-state index >= 15 is 0 Å². The SMILES string of the molecule is COC(=O)c1cc(NC(=O)C2CC(=O)N(c3ccccc3Br)C2)ccc1F. The van der Waals surface area contributed by atoms with Gasteiger partial charge in [-0.05, 0) is 46.3 Å². The van der Waals surface area contributed by atoms with Gasteiger partial charge in [-0.3, -0.25) is 9.59 Å².